The summed E-state index contributed by atoms with van der Waals surface area (Å²) in [5.41, 5.74) is 1.49. The number of carbonyl (C=O) groups excluding carboxylic acids is 1. The Balaban J connectivity index is 1.76. The fraction of sp³-hybridized carbons (Fsp3) is 0.773. The van der Waals surface area contributed by atoms with Crippen molar-refractivity contribution in [2.24, 2.45) is 17.8 Å². The van der Waals surface area contributed by atoms with E-state index in [9.17, 15) is 15.0 Å². The van der Waals surface area contributed by atoms with Gasteiger partial charge in [0.05, 0.1) is 12.2 Å². The Labute approximate surface area is 158 Å². The van der Waals surface area contributed by atoms with E-state index in [0.29, 0.717) is 18.3 Å². The summed E-state index contributed by atoms with van der Waals surface area (Å²) < 4.78 is 0. The molecule has 0 aromatic heterocycles. The Bertz CT molecular complexity index is 500. The number of rotatable bonds is 11. The average molecular weight is 364 g/mol. The van der Waals surface area contributed by atoms with E-state index in [-0.39, 0.29) is 24.0 Å². The highest BCUT2D eigenvalue weighted by Crippen LogP contribution is 2.48. The Hall–Kier alpha value is -1.13. The Morgan fingerprint density at radius 3 is 2.88 bits per heavy atom. The number of aliphatic hydroxyl groups excluding tert-OH is 2. The average Bonchev–Trinajstić information content (AvgIpc) is 3.13. The molecule has 148 valence electrons. The van der Waals surface area contributed by atoms with Crippen molar-refractivity contribution in [1.82, 2.24) is 5.32 Å². The molecule has 5 atom stereocenters. The molecule has 2 aliphatic carbocycles. The lowest BCUT2D eigenvalue weighted by Gasteiger charge is -2.19. The van der Waals surface area contributed by atoms with Crippen LogP contribution in [-0.4, -0.2) is 35.4 Å². The van der Waals surface area contributed by atoms with Gasteiger partial charge in [0.2, 0.25) is 5.91 Å². The van der Waals surface area contributed by atoms with Gasteiger partial charge in [0.15, 0.2) is 0 Å². The third-order valence-electron chi connectivity index (χ3n) is 6.04. The van der Waals surface area contributed by atoms with Crippen molar-refractivity contribution < 1.29 is 15.0 Å². The summed E-state index contributed by atoms with van der Waals surface area (Å²) in [6.45, 7) is 2.17. The summed E-state index contributed by atoms with van der Waals surface area (Å²) in [5.74, 6) is 1.25. The number of amides is 1. The van der Waals surface area contributed by atoms with Crippen LogP contribution < -0.4 is 5.32 Å². The molecule has 4 heteroatoms. The maximum Gasteiger partial charge on any atom is 0.219 e. The normalized spacial score (nSPS) is 29.0. The highest BCUT2D eigenvalue weighted by Gasteiger charge is 2.43. The largest absolute Gasteiger partial charge is 0.392 e. The number of nitrogens with one attached hydrogen (secondary N) is 1. The van der Waals surface area contributed by atoms with Crippen molar-refractivity contribution in [2.45, 2.75) is 83.3 Å². The lowest BCUT2D eigenvalue weighted by atomic mass is 9.88. The maximum absolute atomic E-state index is 11.3. The smallest absolute Gasteiger partial charge is 0.219 e. The van der Waals surface area contributed by atoms with Crippen LogP contribution in [0, 0.1) is 17.8 Å². The molecule has 0 spiro atoms. The molecule has 1 amide bonds. The zero-order valence-corrected chi connectivity index (χ0v) is 16.5. The molecule has 0 aromatic carbocycles. The molecule has 3 N–H and O–H groups in total. The molecule has 2 aliphatic rings. The van der Waals surface area contributed by atoms with Crippen molar-refractivity contribution >= 4 is 5.91 Å². The Kier molecular flexibility index (Phi) is 8.86. The molecular weight excluding hydrogens is 326 g/mol. The third-order valence-corrected chi connectivity index (χ3v) is 6.04. The van der Waals surface area contributed by atoms with E-state index in [1.54, 1.807) is 7.05 Å². The predicted molar refractivity (Wildman–Crippen MR) is 106 cm³/mol. The second-order valence-electron chi connectivity index (χ2n) is 8.07. The van der Waals surface area contributed by atoms with Gasteiger partial charge in [-0.1, -0.05) is 50.0 Å². The molecule has 26 heavy (non-hydrogen) atoms. The summed E-state index contributed by atoms with van der Waals surface area (Å²) >= 11 is 0. The first-order valence-electron chi connectivity index (χ1n) is 10.5. The molecule has 0 aliphatic heterocycles. The van der Waals surface area contributed by atoms with E-state index in [2.05, 4.69) is 24.4 Å². The van der Waals surface area contributed by atoms with Gasteiger partial charge in [-0.05, 0) is 50.4 Å². The fourth-order valence-corrected chi connectivity index (χ4v) is 4.51. The number of carbonyl (C=O) groups is 1. The minimum atomic E-state index is -0.383. The van der Waals surface area contributed by atoms with E-state index < -0.39 is 0 Å². The first kappa shape index (κ1) is 21.2. The van der Waals surface area contributed by atoms with E-state index >= 15 is 0 Å². The molecule has 0 saturated heterocycles. The molecule has 0 unspecified atom stereocenters. The van der Waals surface area contributed by atoms with Gasteiger partial charge in [-0.15, -0.1) is 0 Å². The molecular formula is C22H37NO3. The number of hydrogen-bond acceptors (Lipinski definition) is 3. The van der Waals surface area contributed by atoms with Crippen molar-refractivity contribution in [3.8, 4) is 0 Å². The molecule has 0 bridgehead atoms. The van der Waals surface area contributed by atoms with Gasteiger partial charge < -0.3 is 15.5 Å². The zero-order valence-electron chi connectivity index (χ0n) is 16.5. The summed E-state index contributed by atoms with van der Waals surface area (Å²) in [5, 5.41) is 23.2. The van der Waals surface area contributed by atoms with E-state index in [4.69, 9.17) is 0 Å². The number of hydrogen-bond donors (Lipinski definition) is 3. The minimum absolute atomic E-state index is 0.119. The maximum atomic E-state index is 11.3. The van der Waals surface area contributed by atoms with Gasteiger partial charge in [0, 0.05) is 19.4 Å². The van der Waals surface area contributed by atoms with Crippen LogP contribution in [0.25, 0.3) is 0 Å². The van der Waals surface area contributed by atoms with Gasteiger partial charge in [0.1, 0.15) is 0 Å². The summed E-state index contributed by atoms with van der Waals surface area (Å²) in [6.07, 6.45) is 15.5. The first-order valence-corrected chi connectivity index (χ1v) is 10.5. The van der Waals surface area contributed by atoms with Crippen LogP contribution in [0.15, 0.2) is 23.8 Å². The quantitative estimate of drug-likeness (QED) is 0.387. The van der Waals surface area contributed by atoms with Crippen LogP contribution in [0.1, 0.15) is 71.1 Å². The van der Waals surface area contributed by atoms with E-state index in [0.717, 1.165) is 51.4 Å². The second kappa shape index (κ2) is 10.9. The second-order valence-corrected chi connectivity index (χ2v) is 8.07. The fourth-order valence-electron chi connectivity index (χ4n) is 4.51. The summed E-state index contributed by atoms with van der Waals surface area (Å²) in [7, 11) is 1.68. The lowest BCUT2D eigenvalue weighted by Crippen LogP contribution is -2.18. The monoisotopic (exact) mass is 363 g/mol. The Morgan fingerprint density at radius 1 is 1.35 bits per heavy atom. The standard InChI is InChI=1S/C22H37NO3/c1-3-4-5-9-18(24)11-12-19-20-14-16(13-17(20)15-21(19)25)8-6-7-10-22(26)23-2/h11-13,17-21,24-25H,3-10,14-15H2,1-2H3,(H,23,26)/t17-,18-,19+,20-,21+/m0/s1. The van der Waals surface area contributed by atoms with Crippen LogP contribution in [0.4, 0.5) is 0 Å². The van der Waals surface area contributed by atoms with Gasteiger partial charge >= 0.3 is 0 Å². The Morgan fingerprint density at radius 2 is 2.15 bits per heavy atom. The lowest BCUT2D eigenvalue weighted by molar-refractivity contribution is -0.120. The third kappa shape index (κ3) is 6.24. The van der Waals surface area contributed by atoms with Crippen LogP contribution in [0.3, 0.4) is 0 Å². The van der Waals surface area contributed by atoms with Crippen molar-refractivity contribution in [3.05, 3.63) is 23.8 Å². The highest BCUT2D eigenvalue weighted by atomic mass is 16.3. The van der Waals surface area contributed by atoms with Crippen LogP contribution in [0.5, 0.6) is 0 Å². The molecule has 1 saturated carbocycles. The number of allylic oxidation sites excluding steroid dienone is 2. The van der Waals surface area contributed by atoms with Crippen LogP contribution in [-0.2, 0) is 4.79 Å². The SMILES string of the molecule is CCCCC[C@H](O)C=C[C@@H]1[C@H]2CC(CCCCC(=O)NC)=C[C@H]2C[C@H]1O. The minimum Gasteiger partial charge on any atom is -0.392 e. The molecule has 0 radical (unpaired) electrons. The summed E-state index contributed by atoms with van der Waals surface area (Å²) in [4.78, 5) is 11.3. The van der Waals surface area contributed by atoms with Gasteiger partial charge in [0.25, 0.3) is 0 Å². The molecule has 0 heterocycles. The molecule has 0 aromatic rings. The molecule has 2 rings (SSSR count). The van der Waals surface area contributed by atoms with Crippen molar-refractivity contribution in [2.75, 3.05) is 7.05 Å². The van der Waals surface area contributed by atoms with E-state index in [1.807, 2.05) is 6.08 Å². The summed E-state index contributed by atoms with van der Waals surface area (Å²) in [6, 6.07) is 0. The number of aliphatic hydroxyl groups is 2. The molecule has 4 nitrogen and oxygen atoms in total. The first-order chi connectivity index (χ1) is 12.5. The van der Waals surface area contributed by atoms with E-state index in [1.165, 1.54) is 12.0 Å². The highest BCUT2D eigenvalue weighted by molar-refractivity contribution is 5.75. The van der Waals surface area contributed by atoms with Gasteiger partial charge in [-0.25, -0.2) is 0 Å². The van der Waals surface area contributed by atoms with Crippen molar-refractivity contribution in [3.63, 3.8) is 0 Å². The number of fused-ring (bicyclic) bond motifs is 1. The van der Waals surface area contributed by atoms with Crippen LogP contribution in [0.2, 0.25) is 0 Å². The topological polar surface area (TPSA) is 69.6 Å². The van der Waals surface area contributed by atoms with Gasteiger partial charge in [-0.2, -0.15) is 0 Å². The molecule has 1 fully saturated rings. The van der Waals surface area contributed by atoms with Gasteiger partial charge in [-0.3, -0.25) is 4.79 Å². The zero-order chi connectivity index (χ0) is 18.9. The van der Waals surface area contributed by atoms with Crippen LogP contribution >= 0.6 is 0 Å². The predicted octanol–water partition coefficient (Wildman–Crippen LogP) is 3.73. The number of unbranched alkanes of at least 4 members (excludes halogenated alkanes) is 3. The van der Waals surface area contributed by atoms with Crippen molar-refractivity contribution in [1.29, 1.82) is 0 Å².